The zero-order chi connectivity index (χ0) is 23.8. The molecule has 4 rings (SSSR count). The van der Waals surface area contributed by atoms with E-state index in [1.807, 2.05) is 53.6 Å². The first-order chi connectivity index (χ1) is 16.6. The summed E-state index contributed by atoms with van der Waals surface area (Å²) in [5, 5.41) is 11.0. The maximum absolute atomic E-state index is 12.9. The van der Waals surface area contributed by atoms with Crippen molar-refractivity contribution in [1.82, 2.24) is 14.8 Å². The van der Waals surface area contributed by atoms with E-state index in [4.69, 9.17) is 0 Å². The fourth-order valence-corrected chi connectivity index (χ4v) is 6.12. The third-order valence-electron chi connectivity index (χ3n) is 6.04. The highest BCUT2D eigenvalue weighted by molar-refractivity contribution is 8.01. The minimum atomic E-state index is -0.327. The minimum absolute atomic E-state index is 0.0791. The predicted octanol–water partition coefficient (Wildman–Crippen LogP) is 5.76. The van der Waals surface area contributed by atoms with Crippen LogP contribution in [-0.4, -0.2) is 64.1 Å². The molecule has 0 saturated carbocycles. The van der Waals surface area contributed by atoms with Crippen LogP contribution in [0.1, 0.15) is 36.2 Å². The number of nitrogens with one attached hydrogen (secondary N) is 1. The number of carbonyl (C=O) groups excluding carboxylic acids is 1. The number of benzene rings is 1. The van der Waals surface area contributed by atoms with Gasteiger partial charge in [0.1, 0.15) is 5.69 Å². The summed E-state index contributed by atoms with van der Waals surface area (Å²) in [6.45, 7) is 4.45. The van der Waals surface area contributed by atoms with Gasteiger partial charge in [-0.3, -0.25) is 19.8 Å². The number of hydrogen-bond acceptors (Lipinski definition) is 6. The zero-order valence-electron chi connectivity index (χ0n) is 19.2. The van der Waals surface area contributed by atoms with Gasteiger partial charge in [0.25, 0.3) is 5.91 Å². The molecule has 34 heavy (non-hydrogen) atoms. The highest BCUT2D eigenvalue weighted by Gasteiger charge is 2.23. The number of amides is 1. The lowest BCUT2D eigenvalue weighted by molar-refractivity contribution is -0.380. The number of thioether (sulfide) groups is 1. The molecule has 0 aliphatic carbocycles. The number of carbonyl (C=O) groups is 1. The Morgan fingerprint density at radius 1 is 1.00 bits per heavy atom. The van der Waals surface area contributed by atoms with Gasteiger partial charge >= 0.3 is 5.00 Å². The molecule has 3 aromatic rings. The first-order valence-corrected chi connectivity index (χ1v) is 13.5. The fourth-order valence-electron chi connectivity index (χ4n) is 4.11. The van der Waals surface area contributed by atoms with Crippen LogP contribution in [0, 0.1) is 10.1 Å². The molecule has 1 amide bonds. The second kappa shape index (κ2) is 12.2. The van der Waals surface area contributed by atoms with Gasteiger partial charge in [0, 0.05) is 38.4 Å². The zero-order valence-corrected chi connectivity index (χ0v) is 20.8. The summed E-state index contributed by atoms with van der Waals surface area (Å²) in [5.74, 6) is 1.08. The molecule has 180 valence electrons. The molecule has 0 bridgehead atoms. The molecule has 2 aromatic heterocycles. The van der Waals surface area contributed by atoms with E-state index in [2.05, 4.69) is 9.88 Å². The number of rotatable bonds is 11. The molecule has 1 saturated heterocycles. The van der Waals surface area contributed by atoms with Crippen molar-refractivity contribution in [2.24, 2.45) is 0 Å². The Morgan fingerprint density at radius 2 is 1.76 bits per heavy atom. The molecule has 1 aliphatic heterocycles. The van der Waals surface area contributed by atoms with Crippen molar-refractivity contribution in [3.8, 4) is 11.1 Å². The molecule has 0 spiro atoms. The topological polar surface area (TPSA) is 82.5 Å². The van der Waals surface area contributed by atoms with Crippen LogP contribution >= 0.6 is 23.1 Å². The van der Waals surface area contributed by atoms with Gasteiger partial charge in [-0.25, -0.2) is 0 Å². The van der Waals surface area contributed by atoms with Gasteiger partial charge in [-0.2, -0.15) is 0 Å². The maximum atomic E-state index is 12.9. The molecular weight excluding hydrogens is 468 g/mol. The van der Waals surface area contributed by atoms with Crippen LogP contribution < -0.4 is 0 Å². The Hall–Kier alpha value is -2.62. The van der Waals surface area contributed by atoms with E-state index in [1.165, 1.54) is 30.6 Å². The number of H-pyrrole nitrogens is 1. The molecule has 9 heteroatoms. The Labute approximate surface area is 208 Å². The van der Waals surface area contributed by atoms with Crippen molar-refractivity contribution in [2.75, 3.05) is 38.5 Å². The lowest BCUT2D eigenvalue weighted by Gasteiger charge is -2.34. The number of nitrogens with zero attached hydrogens (tertiary/aromatic N) is 3. The van der Waals surface area contributed by atoms with Gasteiger partial charge in [-0.15, -0.1) is 11.8 Å². The van der Waals surface area contributed by atoms with E-state index >= 15 is 0 Å². The summed E-state index contributed by atoms with van der Waals surface area (Å²) in [7, 11) is 0. The summed E-state index contributed by atoms with van der Waals surface area (Å²) >= 11 is 2.97. The average Bonchev–Trinajstić information content (AvgIpc) is 3.54. The second-order valence-electron chi connectivity index (χ2n) is 8.41. The third-order valence-corrected chi connectivity index (χ3v) is 8.39. The number of thiophene rings is 1. The Bertz CT molecular complexity index is 1070. The van der Waals surface area contributed by atoms with Gasteiger partial charge in [0.15, 0.2) is 0 Å². The van der Waals surface area contributed by atoms with E-state index in [0.717, 1.165) is 60.2 Å². The molecule has 1 fully saturated rings. The summed E-state index contributed by atoms with van der Waals surface area (Å²) in [6, 6.07) is 15.5. The van der Waals surface area contributed by atoms with E-state index in [-0.39, 0.29) is 15.8 Å². The third kappa shape index (κ3) is 6.71. The predicted molar refractivity (Wildman–Crippen MR) is 139 cm³/mol. The molecular formula is C25H30N4O3S2. The number of aromatic nitrogens is 1. The Balaban J connectivity index is 1.09. The fraction of sp³-hybridized carbons (Fsp3) is 0.400. The van der Waals surface area contributed by atoms with Gasteiger partial charge in [-0.1, -0.05) is 54.5 Å². The first-order valence-electron chi connectivity index (χ1n) is 11.7. The molecule has 1 N–H and O–H groups in total. The molecule has 1 aromatic carbocycles. The van der Waals surface area contributed by atoms with E-state index in [0.29, 0.717) is 5.69 Å². The lowest BCUT2D eigenvalue weighted by Crippen LogP contribution is -2.48. The lowest BCUT2D eigenvalue weighted by atomic mass is 10.1. The highest BCUT2D eigenvalue weighted by atomic mass is 32.2. The van der Waals surface area contributed by atoms with Crippen molar-refractivity contribution in [3.05, 3.63) is 70.5 Å². The monoisotopic (exact) mass is 498 g/mol. The minimum Gasteiger partial charge on any atom is -0.357 e. The molecule has 7 nitrogen and oxygen atoms in total. The standard InChI is InChI=1S/C25H30N4O3S2/c30-25(22-18-21(19-26-22)20-8-4-3-5-9-20)28-15-13-27(14-16-28)12-6-1-2-7-17-33-24-11-10-23(34-24)29(31)32/h3-5,8-11,18-19,26H,1-2,6-7,12-17H2. The second-order valence-corrected chi connectivity index (χ2v) is 10.9. The Morgan fingerprint density at radius 3 is 2.50 bits per heavy atom. The highest BCUT2D eigenvalue weighted by Crippen LogP contribution is 2.32. The quantitative estimate of drug-likeness (QED) is 0.157. The molecule has 0 radical (unpaired) electrons. The van der Waals surface area contributed by atoms with E-state index < -0.39 is 0 Å². The smallest absolute Gasteiger partial charge is 0.325 e. The number of piperazine rings is 1. The summed E-state index contributed by atoms with van der Waals surface area (Å²) in [5.41, 5.74) is 2.80. The largest absolute Gasteiger partial charge is 0.357 e. The van der Waals surface area contributed by atoms with E-state index in [9.17, 15) is 14.9 Å². The number of aromatic amines is 1. The molecule has 0 atom stereocenters. The van der Waals surface area contributed by atoms with Crippen LogP contribution in [0.2, 0.25) is 0 Å². The summed E-state index contributed by atoms with van der Waals surface area (Å²) in [6.07, 6.45) is 6.56. The maximum Gasteiger partial charge on any atom is 0.325 e. The van der Waals surface area contributed by atoms with Crippen molar-refractivity contribution in [1.29, 1.82) is 0 Å². The molecule has 1 aliphatic rings. The number of nitro groups is 1. The van der Waals surface area contributed by atoms with Crippen LogP contribution in [0.25, 0.3) is 11.1 Å². The van der Waals surface area contributed by atoms with Crippen LogP contribution in [0.4, 0.5) is 5.00 Å². The summed E-state index contributed by atoms with van der Waals surface area (Å²) in [4.78, 5) is 30.9. The summed E-state index contributed by atoms with van der Waals surface area (Å²) < 4.78 is 1.02. The molecule has 3 heterocycles. The average molecular weight is 499 g/mol. The van der Waals surface area contributed by atoms with Crippen LogP contribution in [0.15, 0.2) is 58.9 Å². The molecule has 0 unspecified atom stereocenters. The van der Waals surface area contributed by atoms with Gasteiger partial charge in [-0.05, 0) is 48.4 Å². The number of unbranched alkanes of at least 4 members (excludes halogenated alkanes) is 3. The van der Waals surface area contributed by atoms with E-state index in [1.54, 1.807) is 17.8 Å². The first kappa shape index (κ1) is 24.5. The van der Waals surface area contributed by atoms with Crippen LogP contribution in [0.3, 0.4) is 0 Å². The van der Waals surface area contributed by atoms with Crippen LogP contribution in [0.5, 0.6) is 0 Å². The normalized spacial score (nSPS) is 14.4. The van der Waals surface area contributed by atoms with Crippen molar-refractivity contribution in [2.45, 2.75) is 29.9 Å². The van der Waals surface area contributed by atoms with Crippen LogP contribution in [-0.2, 0) is 0 Å². The van der Waals surface area contributed by atoms with Gasteiger partial charge in [0.2, 0.25) is 0 Å². The van der Waals surface area contributed by atoms with Crippen molar-refractivity contribution >= 4 is 34.0 Å². The van der Waals surface area contributed by atoms with Crippen molar-refractivity contribution < 1.29 is 9.72 Å². The van der Waals surface area contributed by atoms with Crippen molar-refractivity contribution in [3.63, 3.8) is 0 Å². The SMILES string of the molecule is O=C(c1cc(-c2ccccc2)c[nH]1)N1CCN(CCCCCCSc2ccc([N+](=O)[O-])s2)CC1. The Kier molecular flexibility index (Phi) is 8.79. The number of hydrogen-bond donors (Lipinski definition) is 1. The van der Waals surface area contributed by atoms with Gasteiger partial charge < -0.3 is 9.88 Å². The van der Waals surface area contributed by atoms with Gasteiger partial charge in [0.05, 0.1) is 9.13 Å².